The lowest BCUT2D eigenvalue weighted by atomic mass is 10.1. The van der Waals surface area contributed by atoms with Gasteiger partial charge in [0.1, 0.15) is 5.76 Å². The van der Waals surface area contributed by atoms with E-state index in [0.29, 0.717) is 6.04 Å². The van der Waals surface area contributed by atoms with Gasteiger partial charge in [-0.25, -0.2) is 0 Å². The van der Waals surface area contributed by atoms with Gasteiger partial charge in [0.05, 0.1) is 11.8 Å². The number of nitrogens with zero attached hydrogens (tertiary/aromatic N) is 1. The summed E-state index contributed by atoms with van der Waals surface area (Å²) in [6.45, 7) is 4.68. The number of rotatable bonds is 5. The molecule has 0 spiro atoms. The van der Waals surface area contributed by atoms with Crippen LogP contribution < -0.4 is 5.32 Å². The number of hydrogen-bond donors (Lipinski definition) is 1. The fourth-order valence-electron chi connectivity index (χ4n) is 2.81. The van der Waals surface area contributed by atoms with Crippen molar-refractivity contribution in [3.63, 3.8) is 0 Å². The summed E-state index contributed by atoms with van der Waals surface area (Å²) in [5, 5.41) is 3.48. The molecule has 1 atom stereocenters. The summed E-state index contributed by atoms with van der Waals surface area (Å²) in [6, 6.07) is 2.26. The normalized spacial score (nSPS) is 22.7. The molecule has 1 unspecified atom stereocenters. The molecule has 4 nitrogen and oxygen atoms in total. The lowest BCUT2D eigenvalue weighted by Gasteiger charge is -2.25. The standard InChI is InChI=1S/C15H22N2O2/c1-11-14(6-8-19-11)15(18)17(9-12-4-5-12)10-13-3-2-7-16-13/h6,8,12-13,16H,2-5,7,9-10H2,1H3. The molecular weight excluding hydrogens is 240 g/mol. The van der Waals surface area contributed by atoms with E-state index in [4.69, 9.17) is 4.42 Å². The lowest BCUT2D eigenvalue weighted by Crippen LogP contribution is -2.42. The first-order chi connectivity index (χ1) is 9.24. The van der Waals surface area contributed by atoms with Crippen LogP contribution in [0.1, 0.15) is 41.8 Å². The zero-order valence-electron chi connectivity index (χ0n) is 11.5. The minimum Gasteiger partial charge on any atom is -0.469 e. The number of carbonyl (C=O) groups excluding carboxylic acids is 1. The molecule has 1 aliphatic heterocycles. The van der Waals surface area contributed by atoms with Crippen molar-refractivity contribution >= 4 is 5.91 Å². The predicted octanol–water partition coefficient (Wildman–Crippen LogP) is 2.19. The second-order valence-corrected chi connectivity index (χ2v) is 5.84. The van der Waals surface area contributed by atoms with Crippen LogP contribution in [0.3, 0.4) is 0 Å². The summed E-state index contributed by atoms with van der Waals surface area (Å²) in [5.74, 6) is 1.58. The van der Waals surface area contributed by atoms with Gasteiger partial charge in [0.15, 0.2) is 0 Å². The van der Waals surface area contributed by atoms with Gasteiger partial charge >= 0.3 is 0 Å². The van der Waals surface area contributed by atoms with E-state index >= 15 is 0 Å². The van der Waals surface area contributed by atoms with Gasteiger partial charge in [0, 0.05) is 19.1 Å². The zero-order chi connectivity index (χ0) is 13.2. The SMILES string of the molecule is Cc1occc1C(=O)N(CC1CC1)CC1CCCN1. The number of carbonyl (C=O) groups is 1. The summed E-state index contributed by atoms with van der Waals surface area (Å²) in [4.78, 5) is 14.6. The largest absolute Gasteiger partial charge is 0.469 e. The minimum absolute atomic E-state index is 0.131. The molecule has 3 rings (SSSR count). The molecule has 19 heavy (non-hydrogen) atoms. The highest BCUT2D eigenvalue weighted by Gasteiger charge is 2.30. The summed E-state index contributed by atoms with van der Waals surface area (Å²) < 4.78 is 5.26. The van der Waals surface area contributed by atoms with Crippen LogP contribution in [0.4, 0.5) is 0 Å². The number of aryl methyl sites for hydroxylation is 1. The third-order valence-electron chi connectivity index (χ3n) is 4.16. The summed E-state index contributed by atoms with van der Waals surface area (Å²) in [7, 11) is 0. The summed E-state index contributed by atoms with van der Waals surface area (Å²) in [6.07, 6.45) is 6.55. The van der Waals surface area contributed by atoms with Gasteiger partial charge < -0.3 is 14.6 Å². The Morgan fingerprint density at radius 2 is 2.26 bits per heavy atom. The van der Waals surface area contributed by atoms with E-state index in [1.54, 1.807) is 12.3 Å². The van der Waals surface area contributed by atoms with E-state index in [9.17, 15) is 4.79 Å². The van der Waals surface area contributed by atoms with Gasteiger partial charge in [-0.05, 0) is 51.1 Å². The molecule has 1 saturated carbocycles. The van der Waals surface area contributed by atoms with Crippen LogP contribution in [0, 0.1) is 12.8 Å². The molecule has 2 fully saturated rings. The first-order valence-corrected chi connectivity index (χ1v) is 7.31. The van der Waals surface area contributed by atoms with Crippen LogP contribution in [-0.4, -0.2) is 36.5 Å². The topological polar surface area (TPSA) is 45.5 Å². The minimum atomic E-state index is 0.131. The Morgan fingerprint density at radius 3 is 2.84 bits per heavy atom. The molecule has 4 heteroatoms. The van der Waals surface area contributed by atoms with Gasteiger partial charge in [0.2, 0.25) is 0 Å². The molecule has 1 saturated heterocycles. The highest BCUT2D eigenvalue weighted by atomic mass is 16.3. The van der Waals surface area contributed by atoms with Crippen molar-refractivity contribution in [1.82, 2.24) is 10.2 Å². The molecule has 2 aliphatic rings. The predicted molar refractivity (Wildman–Crippen MR) is 73.1 cm³/mol. The highest BCUT2D eigenvalue weighted by Crippen LogP contribution is 2.30. The molecule has 2 heterocycles. The number of nitrogens with one attached hydrogen (secondary N) is 1. The average Bonchev–Trinajstić information content (AvgIpc) is 2.88. The first-order valence-electron chi connectivity index (χ1n) is 7.31. The van der Waals surface area contributed by atoms with E-state index < -0.39 is 0 Å². The van der Waals surface area contributed by atoms with E-state index in [1.165, 1.54) is 25.7 Å². The Morgan fingerprint density at radius 1 is 1.42 bits per heavy atom. The van der Waals surface area contributed by atoms with Gasteiger partial charge in [-0.1, -0.05) is 0 Å². The molecule has 0 radical (unpaired) electrons. The quantitative estimate of drug-likeness (QED) is 0.884. The van der Waals surface area contributed by atoms with Crippen molar-refractivity contribution in [1.29, 1.82) is 0 Å². The molecule has 104 valence electrons. The molecule has 0 bridgehead atoms. The van der Waals surface area contributed by atoms with Crippen molar-refractivity contribution in [3.05, 3.63) is 23.7 Å². The Labute approximate surface area is 114 Å². The Kier molecular flexibility index (Phi) is 3.60. The van der Waals surface area contributed by atoms with Crippen molar-refractivity contribution in [2.24, 2.45) is 5.92 Å². The third-order valence-corrected chi connectivity index (χ3v) is 4.16. The van der Waals surface area contributed by atoms with Crippen molar-refractivity contribution in [3.8, 4) is 0 Å². The van der Waals surface area contributed by atoms with E-state index in [0.717, 1.165) is 36.9 Å². The van der Waals surface area contributed by atoms with E-state index in [1.807, 2.05) is 11.8 Å². The molecule has 1 aromatic heterocycles. The maximum atomic E-state index is 12.6. The fraction of sp³-hybridized carbons (Fsp3) is 0.667. The second kappa shape index (κ2) is 5.37. The van der Waals surface area contributed by atoms with Crippen LogP contribution in [0.5, 0.6) is 0 Å². The molecular formula is C15H22N2O2. The molecule has 0 aromatic carbocycles. The molecule has 1 amide bonds. The smallest absolute Gasteiger partial charge is 0.257 e. The third kappa shape index (κ3) is 3.00. The van der Waals surface area contributed by atoms with E-state index in [2.05, 4.69) is 5.32 Å². The first kappa shape index (κ1) is 12.7. The van der Waals surface area contributed by atoms with Crippen LogP contribution >= 0.6 is 0 Å². The lowest BCUT2D eigenvalue weighted by molar-refractivity contribution is 0.0732. The molecule has 1 N–H and O–H groups in total. The van der Waals surface area contributed by atoms with Crippen LogP contribution in [0.15, 0.2) is 16.7 Å². The van der Waals surface area contributed by atoms with Crippen molar-refractivity contribution in [2.45, 2.75) is 38.6 Å². The van der Waals surface area contributed by atoms with Crippen molar-refractivity contribution in [2.75, 3.05) is 19.6 Å². The van der Waals surface area contributed by atoms with E-state index in [-0.39, 0.29) is 5.91 Å². The summed E-state index contributed by atoms with van der Waals surface area (Å²) in [5.41, 5.74) is 0.721. The average molecular weight is 262 g/mol. The monoisotopic (exact) mass is 262 g/mol. The maximum Gasteiger partial charge on any atom is 0.257 e. The van der Waals surface area contributed by atoms with Gasteiger partial charge in [-0.15, -0.1) is 0 Å². The molecule has 1 aliphatic carbocycles. The van der Waals surface area contributed by atoms with Gasteiger partial charge in [0.25, 0.3) is 5.91 Å². The Balaban J connectivity index is 1.69. The zero-order valence-corrected chi connectivity index (χ0v) is 11.5. The molecule has 1 aromatic rings. The van der Waals surface area contributed by atoms with Crippen LogP contribution in [0.25, 0.3) is 0 Å². The number of hydrogen-bond acceptors (Lipinski definition) is 3. The van der Waals surface area contributed by atoms with Crippen LogP contribution in [0.2, 0.25) is 0 Å². The summed E-state index contributed by atoms with van der Waals surface area (Å²) >= 11 is 0. The Bertz CT molecular complexity index is 445. The van der Waals surface area contributed by atoms with Crippen LogP contribution in [-0.2, 0) is 0 Å². The van der Waals surface area contributed by atoms with Crippen molar-refractivity contribution < 1.29 is 9.21 Å². The number of furan rings is 1. The number of amides is 1. The highest BCUT2D eigenvalue weighted by molar-refractivity contribution is 5.95. The van der Waals surface area contributed by atoms with Gasteiger partial charge in [-0.2, -0.15) is 0 Å². The Hall–Kier alpha value is -1.29. The fourth-order valence-corrected chi connectivity index (χ4v) is 2.81. The second-order valence-electron chi connectivity index (χ2n) is 5.84. The maximum absolute atomic E-state index is 12.6. The van der Waals surface area contributed by atoms with Gasteiger partial charge in [-0.3, -0.25) is 4.79 Å².